The second kappa shape index (κ2) is 10.0. The van der Waals surface area contributed by atoms with Gasteiger partial charge in [-0.05, 0) is 25.1 Å². The van der Waals surface area contributed by atoms with Crippen molar-refractivity contribution in [3.63, 3.8) is 0 Å². The van der Waals surface area contributed by atoms with E-state index in [0.29, 0.717) is 11.5 Å². The van der Waals surface area contributed by atoms with Gasteiger partial charge in [-0.3, -0.25) is 4.79 Å². The van der Waals surface area contributed by atoms with Crippen LogP contribution in [0.25, 0.3) is 17.1 Å². The number of rotatable bonds is 7. The molecule has 4 aromatic rings. The molecule has 1 heterocycles. The van der Waals surface area contributed by atoms with E-state index < -0.39 is 36.2 Å². The molecule has 7 nitrogen and oxygen atoms in total. The molecule has 1 atom stereocenters. The molecule has 1 unspecified atom stereocenters. The van der Waals surface area contributed by atoms with Gasteiger partial charge in [0.2, 0.25) is 0 Å². The van der Waals surface area contributed by atoms with Crippen molar-refractivity contribution in [2.24, 2.45) is 0 Å². The Bertz CT molecular complexity index is 1250. The minimum atomic E-state index is -0.886. The molecule has 0 radical (unpaired) electrons. The molecule has 1 N–H and O–H groups in total. The number of hydrogen-bond acceptors (Lipinski definition) is 5. The fourth-order valence-corrected chi connectivity index (χ4v) is 3.33. The molecule has 34 heavy (non-hydrogen) atoms. The van der Waals surface area contributed by atoms with E-state index in [2.05, 4.69) is 15.4 Å². The summed E-state index contributed by atoms with van der Waals surface area (Å²) >= 11 is 0. The zero-order valence-electron chi connectivity index (χ0n) is 18.1. The van der Waals surface area contributed by atoms with Crippen LogP contribution in [0.15, 0.2) is 78.9 Å². The SMILES string of the molecule is CC(NC(=O)COC(=O)c1nc(-c2ccccc2)n(-c2ccccc2)n1)c1ccc(F)cc1F. The van der Waals surface area contributed by atoms with Crippen molar-refractivity contribution in [1.82, 2.24) is 20.1 Å². The lowest BCUT2D eigenvalue weighted by Crippen LogP contribution is -2.31. The monoisotopic (exact) mass is 462 g/mol. The minimum absolute atomic E-state index is 0.108. The van der Waals surface area contributed by atoms with Crippen molar-refractivity contribution in [1.29, 1.82) is 0 Å². The quantitative estimate of drug-likeness (QED) is 0.415. The van der Waals surface area contributed by atoms with Crippen molar-refractivity contribution in [2.75, 3.05) is 6.61 Å². The maximum atomic E-state index is 13.9. The van der Waals surface area contributed by atoms with Crippen LogP contribution in [0.1, 0.15) is 29.1 Å². The third-order valence-electron chi connectivity index (χ3n) is 4.96. The van der Waals surface area contributed by atoms with Gasteiger partial charge in [0.15, 0.2) is 12.4 Å². The second-order valence-corrected chi connectivity index (χ2v) is 7.40. The number of benzene rings is 3. The van der Waals surface area contributed by atoms with E-state index in [9.17, 15) is 18.4 Å². The summed E-state index contributed by atoms with van der Waals surface area (Å²) in [6.07, 6.45) is 0. The van der Waals surface area contributed by atoms with Crippen LogP contribution in [0.3, 0.4) is 0 Å². The van der Waals surface area contributed by atoms with Crippen LogP contribution in [0.4, 0.5) is 8.78 Å². The highest BCUT2D eigenvalue weighted by atomic mass is 19.1. The molecule has 0 saturated carbocycles. The normalized spacial score (nSPS) is 11.6. The van der Waals surface area contributed by atoms with Crippen LogP contribution in [0, 0.1) is 11.6 Å². The Labute approximate surface area is 194 Å². The Hall–Kier alpha value is -4.40. The summed E-state index contributed by atoms with van der Waals surface area (Å²) in [5.74, 6) is -2.82. The first kappa shape index (κ1) is 22.8. The Morgan fingerprint density at radius 2 is 1.68 bits per heavy atom. The molecule has 1 aromatic heterocycles. The van der Waals surface area contributed by atoms with E-state index in [1.807, 2.05) is 60.7 Å². The van der Waals surface area contributed by atoms with E-state index in [4.69, 9.17) is 4.74 Å². The summed E-state index contributed by atoms with van der Waals surface area (Å²) in [6, 6.07) is 20.7. The fourth-order valence-electron chi connectivity index (χ4n) is 3.33. The first-order valence-corrected chi connectivity index (χ1v) is 10.4. The Kier molecular flexibility index (Phi) is 6.72. The smallest absolute Gasteiger partial charge is 0.378 e. The van der Waals surface area contributed by atoms with Crippen LogP contribution in [-0.2, 0) is 9.53 Å². The largest absolute Gasteiger partial charge is 0.450 e. The lowest BCUT2D eigenvalue weighted by atomic mass is 10.1. The fraction of sp³-hybridized carbons (Fsp3) is 0.120. The zero-order valence-corrected chi connectivity index (χ0v) is 18.1. The number of halogens is 2. The molecule has 0 aliphatic carbocycles. The first-order chi connectivity index (χ1) is 16.4. The summed E-state index contributed by atoms with van der Waals surface area (Å²) in [7, 11) is 0. The third kappa shape index (κ3) is 5.15. The molecule has 0 aliphatic heterocycles. The van der Waals surface area contributed by atoms with E-state index in [1.54, 1.807) is 0 Å². The van der Waals surface area contributed by atoms with Crippen molar-refractivity contribution in [2.45, 2.75) is 13.0 Å². The number of esters is 1. The summed E-state index contributed by atoms with van der Waals surface area (Å²) in [5.41, 5.74) is 1.54. The zero-order chi connectivity index (χ0) is 24.1. The average molecular weight is 462 g/mol. The summed E-state index contributed by atoms with van der Waals surface area (Å²) < 4.78 is 33.6. The molecular formula is C25H20F2N4O3. The van der Waals surface area contributed by atoms with Gasteiger partial charge in [-0.15, -0.1) is 5.10 Å². The lowest BCUT2D eigenvalue weighted by Gasteiger charge is -2.15. The number of ether oxygens (including phenoxy) is 1. The number of carbonyl (C=O) groups excluding carboxylic acids is 2. The maximum Gasteiger partial charge on any atom is 0.378 e. The van der Waals surface area contributed by atoms with Gasteiger partial charge in [0.1, 0.15) is 11.6 Å². The molecule has 0 bridgehead atoms. The third-order valence-corrected chi connectivity index (χ3v) is 4.96. The second-order valence-electron chi connectivity index (χ2n) is 7.40. The molecule has 1 amide bonds. The van der Waals surface area contributed by atoms with Crippen molar-refractivity contribution >= 4 is 11.9 Å². The van der Waals surface area contributed by atoms with Gasteiger partial charge < -0.3 is 10.1 Å². The average Bonchev–Trinajstić information content (AvgIpc) is 3.29. The van der Waals surface area contributed by atoms with Crippen molar-refractivity contribution in [3.8, 4) is 17.1 Å². The summed E-state index contributed by atoms with van der Waals surface area (Å²) in [5, 5.41) is 6.78. The highest BCUT2D eigenvalue weighted by Crippen LogP contribution is 2.21. The topological polar surface area (TPSA) is 86.1 Å². The predicted molar refractivity (Wildman–Crippen MR) is 120 cm³/mol. The van der Waals surface area contributed by atoms with E-state index in [0.717, 1.165) is 17.7 Å². The van der Waals surface area contributed by atoms with Gasteiger partial charge in [-0.25, -0.2) is 23.2 Å². The molecule has 0 saturated heterocycles. The van der Waals surface area contributed by atoms with E-state index in [-0.39, 0.29) is 11.4 Å². The molecule has 9 heteroatoms. The predicted octanol–water partition coefficient (Wildman–Crippen LogP) is 4.25. The Balaban J connectivity index is 1.47. The van der Waals surface area contributed by atoms with Crippen LogP contribution in [0.2, 0.25) is 0 Å². The van der Waals surface area contributed by atoms with Gasteiger partial charge in [-0.2, -0.15) is 0 Å². The Morgan fingerprint density at radius 1 is 1.00 bits per heavy atom. The number of aromatic nitrogens is 3. The molecule has 0 fully saturated rings. The van der Waals surface area contributed by atoms with Crippen molar-refractivity contribution in [3.05, 3.63) is 102 Å². The number of para-hydroxylation sites is 1. The van der Waals surface area contributed by atoms with Gasteiger partial charge in [-0.1, -0.05) is 54.6 Å². The minimum Gasteiger partial charge on any atom is -0.450 e. The van der Waals surface area contributed by atoms with E-state index >= 15 is 0 Å². The highest BCUT2D eigenvalue weighted by Gasteiger charge is 2.21. The van der Waals surface area contributed by atoms with Crippen LogP contribution in [-0.4, -0.2) is 33.2 Å². The number of nitrogens with one attached hydrogen (secondary N) is 1. The van der Waals surface area contributed by atoms with Gasteiger partial charge in [0.25, 0.3) is 11.7 Å². The molecule has 172 valence electrons. The van der Waals surface area contributed by atoms with Gasteiger partial charge in [0, 0.05) is 17.2 Å². The molecule has 3 aromatic carbocycles. The molecule has 0 aliphatic rings. The lowest BCUT2D eigenvalue weighted by molar-refractivity contribution is -0.124. The number of carbonyl (C=O) groups is 2. The molecular weight excluding hydrogens is 442 g/mol. The molecule has 0 spiro atoms. The summed E-state index contributed by atoms with van der Waals surface area (Å²) in [4.78, 5) is 29.1. The van der Waals surface area contributed by atoms with Gasteiger partial charge >= 0.3 is 5.97 Å². The standard InChI is InChI=1S/C25H20F2N4O3/c1-16(20-13-12-18(26)14-21(20)27)28-22(32)15-34-25(33)23-29-24(17-8-4-2-5-9-17)31(30-23)19-10-6-3-7-11-19/h2-14,16H,15H2,1H3,(H,28,32). The van der Waals surface area contributed by atoms with E-state index in [1.165, 1.54) is 17.7 Å². The number of amides is 1. The molecule has 4 rings (SSSR count). The number of nitrogens with zero attached hydrogens (tertiary/aromatic N) is 3. The highest BCUT2D eigenvalue weighted by molar-refractivity contribution is 5.88. The Morgan fingerprint density at radius 3 is 2.35 bits per heavy atom. The van der Waals surface area contributed by atoms with Crippen LogP contribution < -0.4 is 5.32 Å². The van der Waals surface area contributed by atoms with Crippen LogP contribution in [0.5, 0.6) is 0 Å². The van der Waals surface area contributed by atoms with Crippen molar-refractivity contribution < 1.29 is 23.1 Å². The first-order valence-electron chi connectivity index (χ1n) is 10.4. The van der Waals surface area contributed by atoms with Crippen LogP contribution >= 0.6 is 0 Å². The number of hydrogen-bond donors (Lipinski definition) is 1. The maximum absolute atomic E-state index is 13.9. The summed E-state index contributed by atoms with van der Waals surface area (Å²) in [6.45, 7) is 0.914. The van der Waals surface area contributed by atoms with Gasteiger partial charge in [0.05, 0.1) is 11.7 Å².